The molecule has 0 saturated heterocycles. The Balaban J connectivity index is -0.00000000827. The summed E-state index contributed by atoms with van der Waals surface area (Å²) in [5, 5.41) is 0. The van der Waals surface area contributed by atoms with Gasteiger partial charge in [-0.15, -0.1) is 0 Å². The minimum Gasteiger partial charge on any atom is -0.672 e. The summed E-state index contributed by atoms with van der Waals surface area (Å²) >= 11 is 0. The normalized spacial score (nSPS) is 4.00. The Bertz CT molecular complexity index is 124. The van der Waals surface area contributed by atoms with Crippen molar-refractivity contribution >= 4 is 27.5 Å². The number of hydrogen-bond acceptors (Lipinski definition) is 9. The quantitative estimate of drug-likeness (QED) is 0.314. The average molecular weight is 463 g/mol. The van der Waals surface area contributed by atoms with Crippen LogP contribution in [-0.2, 0) is 13.4 Å². The molecule has 18 heavy (non-hydrogen) atoms. The zero-order valence-corrected chi connectivity index (χ0v) is 32.9. The van der Waals surface area contributed by atoms with E-state index in [1.165, 1.54) is 0 Å². The van der Waals surface area contributed by atoms with E-state index in [2.05, 4.69) is 0 Å². The molecule has 18 heteroatoms. The topological polar surface area (TPSA) is 190 Å². The summed E-state index contributed by atoms with van der Waals surface area (Å²) < 4.78 is 25.6. The molecule has 0 aromatic heterocycles. The molecule has 0 aliphatic heterocycles. The predicted octanol–water partition coefficient (Wildman–Crippen LogP) is -26.6. The first-order chi connectivity index (χ1) is 5.20. The Kier molecular flexibility index (Phi) is 156. The molecule has 0 spiro atoms. The molecule has 0 aromatic rings. The van der Waals surface area contributed by atoms with Crippen LogP contribution in [0, 0.1) is 0 Å². The van der Waals surface area contributed by atoms with Gasteiger partial charge in [0.15, 0.2) is 0 Å². The second kappa shape index (κ2) is 50.0. The van der Waals surface area contributed by atoms with Crippen LogP contribution in [0.25, 0.3) is 0 Å². The molecule has 0 bridgehead atoms. The smallest absolute Gasteiger partial charge is 0.672 e. The summed E-state index contributed by atoms with van der Waals surface area (Å²) in [7, 11) is -10.9. The Hall–Kier alpha value is 8.67. The second-order valence-corrected chi connectivity index (χ2v) is 2.25. The van der Waals surface area contributed by atoms with Crippen molar-refractivity contribution < 1.29 is 350 Å². The maximum Gasteiger partial charge on any atom is 1.00 e. The van der Waals surface area contributed by atoms with Gasteiger partial charge in [0, 0.05) is 27.5 Å². The van der Waals surface area contributed by atoms with E-state index in [9.17, 15) is 0 Å². The molecule has 0 aliphatic carbocycles. The van der Waals surface area contributed by atoms with E-state index in [1.54, 1.807) is 0 Å². The molecule has 0 atom stereocenters. The van der Waals surface area contributed by atoms with Crippen LogP contribution >= 0.6 is 0 Å². The molecule has 0 N–H and O–H groups in total. The van der Waals surface area contributed by atoms with Crippen LogP contribution < -0.4 is 337 Å². The van der Waals surface area contributed by atoms with Crippen molar-refractivity contribution in [1.29, 1.82) is 0 Å². The fraction of sp³-hybridized carbons (Fsp3) is 0. The van der Waals surface area contributed by atoms with Gasteiger partial charge in [-0.25, -0.2) is 0 Å². The summed E-state index contributed by atoms with van der Waals surface area (Å²) in [6.07, 6.45) is 0. The monoisotopic (exact) mass is 462 g/mol. The van der Waals surface area contributed by atoms with E-state index in [0.717, 1.165) is 0 Å². The summed E-state index contributed by atoms with van der Waals surface area (Å²) in [6.45, 7) is 0. The fourth-order valence-corrected chi connectivity index (χ4v) is 0. The van der Waals surface area contributed by atoms with Crippen molar-refractivity contribution in [2.75, 3.05) is 0 Å². The van der Waals surface area contributed by atoms with Crippen molar-refractivity contribution in [2.24, 2.45) is 0 Å². The first-order valence-corrected chi connectivity index (χ1v) is 5.51. The Morgan fingerprint density at radius 1 is 0.389 bits per heavy atom. The minimum absolute atomic E-state index is 0. The standard InChI is InChI=1S/6K.3O3Si/c;;;;;;3*1-4(2)3/q6*+1;3*-2. The largest absolute Gasteiger partial charge is 1.00 e. The SMILES string of the molecule is O=[Si]([O-])[O-].O=[Si]([O-])[O-].O=[Si]([O-])[O-].[K+].[K+].[K+].[K+].[K+].[K+]. The first-order valence-electron chi connectivity index (χ1n) is 1.84. The van der Waals surface area contributed by atoms with E-state index in [0.29, 0.717) is 0 Å². The Labute approximate surface area is 364 Å². The van der Waals surface area contributed by atoms with Crippen LogP contribution in [0.2, 0.25) is 0 Å². The van der Waals surface area contributed by atoms with Crippen LogP contribution in [0.5, 0.6) is 0 Å². The zero-order chi connectivity index (χ0) is 10.7. The van der Waals surface area contributed by atoms with E-state index in [-0.39, 0.29) is 308 Å². The van der Waals surface area contributed by atoms with Gasteiger partial charge in [0.05, 0.1) is 0 Å². The van der Waals surface area contributed by atoms with Gasteiger partial charge in [-0.1, -0.05) is 0 Å². The van der Waals surface area contributed by atoms with Crippen LogP contribution in [0.3, 0.4) is 0 Å². The zero-order valence-electron chi connectivity index (χ0n) is 11.2. The van der Waals surface area contributed by atoms with E-state index in [4.69, 9.17) is 42.2 Å². The van der Waals surface area contributed by atoms with Crippen LogP contribution in [0.1, 0.15) is 0 Å². The molecule has 0 radical (unpaired) electrons. The van der Waals surface area contributed by atoms with E-state index in [1.807, 2.05) is 0 Å². The van der Waals surface area contributed by atoms with Crippen molar-refractivity contribution in [1.82, 2.24) is 0 Å². The van der Waals surface area contributed by atoms with Gasteiger partial charge in [0.25, 0.3) is 0 Å². The van der Waals surface area contributed by atoms with Gasteiger partial charge < -0.3 is 42.2 Å². The molecule has 0 saturated carbocycles. The third-order valence-electron chi connectivity index (χ3n) is 0. The van der Waals surface area contributed by atoms with Gasteiger partial charge >= 0.3 is 308 Å². The molecule has 0 rings (SSSR count). The molecule has 0 aliphatic rings. The minimum atomic E-state index is -3.63. The van der Waals surface area contributed by atoms with Crippen molar-refractivity contribution in [3.05, 3.63) is 0 Å². The fourth-order valence-electron chi connectivity index (χ4n) is 0. The summed E-state index contributed by atoms with van der Waals surface area (Å²) in [5.41, 5.74) is 0. The van der Waals surface area contributed by atoms with Crippen LogP contribution in [-0.4, -0.2) is 27.5 Å². The van der Waals surface area contributed by atoms with Gasteiger partial charge in [0.1, 0.15) is 0 Å². The van der Waals surface area contributed by atoms with E-state index < -0.39 is 27.5 Å². The maximum atomic E-state index is 8.52. The molecule has 0 fully saturated rings. The third kappa shape index (κ3) is 184. The molecule has 72 valence electrons. The van der Waals surface area contributed by atoms with Gasteiger partial charge in [-0.3, -0.25) is 0 Å². The molecule has 0 amide bonds. The summed E-state index contributed by atoms with van der Waals surface area (Å²) in [5.74, 6) is 0. The van der Waals surface area contributed by atoms with Crippen LogP contribution in [0.4, 0.5) is 0 Å². The average Bonchev–Trinajstić information content (AvgIpc) is 1.54. The molecule has 0 unspecified atom stereocenters. The third-order valence-corrected chi connectivity index (χ3v) is 0. The van der Waals surface area contributed by atoms with Gasteiger partial charge in [0.2, 0.25) is 0 Å². The van der Waals surface area contributed by atoms with Gasteiger partial charge in [-0.2, -0.15) is 0 Å². The van der Waals surface area contributed by atoms with E-state index >= 15 is 0 Å². The second-order valence-electron chi connectivity index (χ2n) is 0.750. The summed E-state index contributed by atoms with van der Waals surface area (Å²) in [4.78, 5) is 51.1. The van der Waals surface area contributed by atoms with Crippen molar-refractivity contribution in [2.45, 2.75) is 0 Å². The van der Waals surface area contributed by atoms with Crippen LogP contribution in [0.15, 0.2) is 0 Å². The molecule has 0 heterocycles. The number of rotatable bonds is 0. The maximum absolute atomic E-state index is 8.52. The molecule has 0 aromatic carbocycles. The van der Waals surface area contributed by atoms with Crippen molar-refractivity contribution in [3.8, 4) is 0 Å². The first kappa shape index (κ1) is 56.3. The van der Waals surface area contributed by atoms with Gasteiger partial charge in [-0.05, 0) is 0 Å². The predicted molar refractivity (Wildman–Crippen MR) is 19.3 cm³/mol. The Morgan fingerprint density at radius 3 is 0.389 bits per heavy atom. The number of hydrogen-bond donors (Lipinski definition) is 0. The molecular formula is K6O9Si3. The molecular weight excluding hydrogens is 463 g/mol. The Morgan fingerprint density at radius 2 is 0.389 bits per heavy atom. The molecule has 9 nitrogen and oxygen atoms in total. The summed E-state index contributed by atoms with van der Waals surface area (Å²) in [6, 6.07) is 0. The van der Waals surface area contributed by atoms with Crippen molar-refractivity contribution in [3.63, 3.8) is 0 Å².